The lowest BCUT2D eigenvalue weighted by Crippen LogP contribution is -2.31. The molecule has 9 nitrogen and oxygen atoms in total. The van der Waals surface area contributed by atoms with Gasteiger partial charge in [0, 0.05) is 29.1 Å². The predicted octanol–water partition coefficient (Wildman–Crippen LogP) is 3.87. The minimum Gasteiger partial charge on any atom is -0.455 e. The minimum atomic E-state index is -3.90. The number of hydrogen-bond acceptors (Lipinski definition) is 8. The van der Waals surface area contributed by atoms with E-state index < -0.39 is 33.6 Å². The van der Waals surface area contributed by atoms with Gasteiger partial charge in [0.05, 0.1) is 23.4 Å². The summed E-state index contributed by atoms with van der Waals surface area (Å²) in [6.07, 6.45) is 4.03. The smallest absolute Gasteiger partial charge is 0.285 e. The standard InChI is InChI=1S/C25H23FN4O5S/c1-13-10-17(15(3)28-19-7-8-20(26)29-21(19)25(32)30-36(4,33)34)24-18(11-13)22(31)14(2)23(35-24)16-6-5-9-27-12-16/h5-12,15,28H,1-4H3,(H,30,32)/t15-/m1/s1. The van der Waals surface area contributed by atoms with Crippen molar-refractivity contribution in [2.45, 2.75) is 26.8 Å². The average Bonchev–Trinajstić information content (AvgIpc) is 2.81. The molecule has 3 aromatic heterocycles. The van der Waals surface area contributed by atoms with Crippen LogP contribution in [-0.2, 0) is 10.0 Å². The van der Waals surface area contributed by atoms with E-state index >= 15 is 0 Å². The first-order valence-electron chi connectivity index (χ1n) is 10.9. The van der Waals surface area contributed by atoms with E-state index in [1.807, 2.05) is 13.0 Å². The van der Waals surface area contributed by atoms with Gasteiger partial charge in [-0.15, -0.1) is 0 Å². The number of nitrogens with one attached hydrogen (secondary N) is 2. The number of fused-ring (bicyclic) bond motifs is 1. The van der Waals surface area contributed by atoms with E-state index in [2.05, 4.69) is 15.3 Å². The van der Waals surface area contributed by atoms with Gasteiger partial charge in [-0.2, -0.15) is 4.39 Å². The van der Waals surface area contributed by atoms with Gasteiger partial charge in [-0.05, 0) is 56.7 Å². The normalized spacial score (nSPS) is 12.4. The summed E-state index contributed by atoms with van der Waals surface area (Å²) < 4.78 is 44.9. The Balaban J connectivity index is 1.83. The maximum absolute atomic E-state index is 13.8. The zero-order chi connectivity index (χ0) is 26.2. The third-order valence-electron chi connectivity index (χ3n) is 5.51. The molecule has 0 saturated heterocycles. The third kappa shape index (κ3) is 5.10. The summed E-state index contributed by atoms with van der Waals surface area (Å²) in [5, 5.41) is 3.46. The van der Waals surface area contributed by atoms with Gasteiger partial charge >= 0.3 is 0 Å². The second-order valence-corrected chi connectivity index (χ2v) is 10.2. The molecule has 1 amide bonds. The van der Waals surface area contributed by atoms with Gasteiger partial charge in [0.2, 0.25) is 16.0 Å². The largest absolute Gasteiger partial charge is 0.455 e. The van der Waals surface area contributed by atoms with Crippen LogP contribution in [0, 0.1) is 19.8 Å². The van der Waals surface area contributed by atoms with Crippen LogP contribution in [0.5, 0.6) is 0 Å². The van der Waals surface area contributed by atoms with Crippen LogP contribution >= 0.6 is 0 Å². The Morgan fingerprint density at radius 1 is 1.17 bits per heavy atom. The number of aryl methyl sites for hydroxylation is 1. The summed E-state index contributed by atoms with van der Waals surface area (Å²) >= 11 is 0. The fraction of sp³-hybridized carbons (Fsp3) is 0.200. The number of halogens is 1. The molecule has 186 valence electrons. The second-order valence-electron chi connectivity index (χ2n) is 8.46. The number of benzene rings is 1. The zero-order valence-electron chi connectivity index (χ0n) is 19.9. The first kappa shape index (κ1) is 25.0. The highest BCUT2D eigenvalue weighted by Gasteiger charge is 2.22. The molecule has 0 aliphatic rings. The second kappa shape index (κ2) is 9.50. The monoisotopic (exact) mass is 510 g/mol. The van der Waals surface area contributed by atoms with Gasteiger partial charge in [-0.1, -0.05) is 6.07 Å². The van der Waals surface area contributed by atoms with Crippen molar-refractivity contribution >= 4 is 32.6 Å². The molecular weight excluding hydrogens is 487 g/mol. The van der Waals surface area contributed by atoms with E-state index in [0.29, 0.717) is 33.4 Å². The van der Waals surface area contributed by atoms with Crippen LogP contribution in [0.15, 0.2) is 58.0 Å². The van der Waals surface area contributed by atoms with Crippen molar-refractivity contribution in [2.75, 3.05) is 11.6 Å². The fourth-order valence-electron chi connectivity index (χ4n) is 3.91. The number of carbonyl (C=O) groups excluding carboxylic acids is 1. The number of carbonyl (C=O) groups is 1. The van der Waals surface area contributed by atoms with Crippen LogP contribution in [-0.4, -0.2) is 30.5 Å². The molecule has 1 aromatic carbocycles. The summed E-state index contributed by atoms with van der Waals surface area (Å²) in [7, 11) is -3.90. The molecule has 0 saturated carbocycles. The van der Waals surface area contributed by atoms with Crippen LogP contribution in [0.2, 0.25) is 0 Å². The molecule has 0 radical (unpaired) electrons. The van der Waals surface area contributed by atoms with Crippen molar-refractivity contribution < 1.29 is 22.0 Å². The molecule has 1 atom stereocenters. The maximum Gasteiger partial charge on any atom is 0.285 e. The number of pyridine rings is 2. The lowest BCUT2D eigenvalue weighted by atomic mass is 9.99. The number of sulfonamides is 1. The Kier molecular flexibility index (Phi) is 6.59. The highest BCUT2D eigenvalue weighted by Crippen LogP contribution is 2.32. The Hall–Kier alpha value is -4.12. The lowest BCUT2D eigenvalue weighted by molar-refractivity contribution is 0.0976. The number of aromatic nitrogens is 2. The quantitative estimate of drug-likeness (QED) is 0.374. The number of anilines is 1. The molecular formula is C25H23FN4O5S. The first-order valence-corrected chi connectivity index (χ1v) is 12.8. The maximum atomic E-state index is 13.8. The van der Waals surface area contributed by atoms with E-state index in [-0.39, 0.29) is 11.1 Å². The summed E-state index contributed by atoms with van der Waals surface area (Å²) in [5.74, 6) is -1.65. The average molecular weight is 511 g/mol. The van der Waals surface area contributed by atoms with Crippen molar-refractivity contribution in [3.63, 3.8) is 0 Å². The van der Waals surface area contributed by atoms with Crippen molar-refractivity contribution in [2.24, 2.45) is 0 Å². The van der Waals surface area contributed by atoms with E-state index in [1.54, 1.807) is 49.2 Å². The first-order chi connectivity index (χ1) is 16.9. The van der Waals surface area contributed by atoms with Crippen LogP contribution in [0.3, 0.4) is 0 Å². The Labute approximate surface area is 206 Å². The van der Waals surface area contributed by atoms with Crippen molar-refractivity contribution in [3.8, 4) is 11.3 Å². The van der Waals surface area contributed by atoms with E-state index in [9.17, 15) is 22.4 Å². The third-order valence-corrected chi connectivity index (χ3v) is 6.06. The highest BCUT2D eigenvalue weighted by molar-refractivity contribution is 7.89. The summed E-state index contributed by atoms with van der Waals surface area (Å²) in [6, 6.07) is 8.87. The van der Waals surface area contributed by atoms with Crippen LogP contribution < -0.4 is 15.5 Å². The van der Waals surface area contributed by atoms with E-state index in [4.69, 9.17) is 4.42 Å². The Morgan fingerprint density at radius 3 is 2.58 bits per heavy atom. The molecule has 11 heteroatoms. The van der Waals surface area contributed by atoms with Crippen LogP contribution in [0.1, 0.15) is 40.1 Å². The molecule has 0 bridgehead atoms. The van der Waals surface area contributed by atoms with Gasteiger partial charge < -0.3 is 9.73 Å². The van der Waals surface area contributed by atoms with Crippen molar-refractivity contribution in [1.82, 2.24) is 14.7 Å². The van der Waals surface area contributed by atoms with Gasteiger partial charge in [0.15, 0.2) is 11.1 Å². The molecule has 4 rings (SSSR count). The van der Waals surface area contributed by atoms with Gasteiger partial charge in [0.1, 0.15) is 11.3 Å². The number of amides is 1. The Bertz CT molecular complexity index is 1650. The van der Waals surface area contributed by atoms with Gasteiger partial charge in [-0.25, -0.2) is 18.1 Å². The molecule has 0 fully saturated rings. The van der Waals surface area contributed by atoms with Crippen molar-refractivity contribution in [1.29, 1.82) is 0 Å². The van der Waals surface area contributed by atoms with Gasteiger partial charge in [0.25, 0.3) is 5.91 Å². The summed E-state index contributed by atoms with van der Waals surface area (Å²) in [5.41, 5.74) is 2.31. The number of rotatable bonds is 6. The van der Waals surface area contributed by atoms with Crippen LogP contribution in [0.25, 0.3) is 22.3 Å². The van der Waals surface area contributed by atoms with Crippen LogP contribution in [0.4, 0.5) is 10.1 Å². The molecule has 0 aliphatic heterocycles. The van der Waals surface area contributed by atoms with Crippen molar-refractivity contribution in [3.05, 3.63) is 87.3 Å². The minimum absolute atomic E-state index is 0.0987. The van der Waals surface area contributed by atoms with Gasteiger partial charge in [-0.3, -0.25) is 14.6 Å². The molecule has 2 N–H and O–H groups in total. The topological polar surface area (TPSA) is 131 Å². The van der Waals surface area contributed by atoms with E-state index in [1.165, 1.54) is 6.07 Å². The Morgan fingerprint density at radius 2 is 1.92 bits per heavy atom. The molecule has 0 aliphatic carbocycles. The summed E-state index contributed by atoms with van der Waals surface area (Å²) in [6.45, 7) is 5.29. The zero-order valence-corrected chi connectivity index (χ0v) is 20.7. The predicted molar refractivity (Wildman–Crippen MR) is 134 cm³/mol. The number of hydrogen-bond donors (Lipinski definition) is 2. The molecule has 36 heavy (non-hydrogen) atoms. The number of nitrogens with zero attached hydrogens (tertiary/aromatic N) is 2. The molecule has 4 aromatic rings. The van der Waals surface area contributed by atoms with E-state index in [0.717, 1.165) is 17.9 Å². The SMILES string of the molecule is Cc1cc([C@@H](C)Nc2ccc(F)nc2C(=O)NS(C)(=O)=O)c2oc(-c3cccnc3)c(C)c(=O)c2c1. The fourth-order valence-corrected chi connectivity index (χ4v) is 4.35. The highest BCUT2D eigenvalue weighted by atomic mass is 32.2. The molecule has 3 heterocycles. The molecule has 0 unspecified atom stereocenters. The lowest BCUT2D eigenvalue weighted by Gasteiger charge is -2.20. The summed E-state index contributed by atoms with van der Waals surface area (Å²) in [4.78, 5) is 33.4. The molecule has 0 spiro atoms.